The van der Waals surface area contributed by atoms with E-state index in [1.54, 1.807) is 37.3 Å². The highest BCUT2D eigenvalue weighted by atomic mass is 32.2. The number of hydrogen-bond acceptors (Lipinski definition) is 5. The van der Waals surface area contributed by atoms with Gasteiger partial charge in [-0.05, 0) is 48.4 Å². The van der Waals surface area contributed by atoms with Crippen molar-refractivity contribution in [3.05, 3.63) is 53.6 Å². The second kappa shape index (κ2) is 5.98. The van der Waals surface area contributed by atoms with Crippen LogP contribution in [0.2, 0.25) is 0 Å². The topological polar surface area (TPSA) is 114 Å². The maximum atomic E-state index is 12.7. The van der Waals surface area contributed by atoms with Gasteiger partial charge in [-0.1, -0.05) is 12.1 Å². The molecule has 8 nitrogen and oxygen atoms in total. The van der Waals surface area contributed by atoms with Crippen molar-refractivity contribution in [1.29, 1.82) is 0 Å². The molecule has 2 aromatic rings. The minimum atomic E-state index is -3.81. The zero-order valence-corrected chi connectivity index (χ0v) is 15.2. The Labute approximate surface area is 156 Å². The third-order valence-electron chi connectivity index (χ3n) is 4.71. The van der Waals surface area contributed by atoms with Crippen molar-refractivity contribution in [3.63, 3.8) is 0 Å². The van der Waals surface area contributed by atoms with Gasteiger partial charge in [0.05, 0.1) is 11.5 Å². The summed E-state index contributed by atoms with van der Waals surface area (Å²) in [5.41, 5.74) is 0.348. The number of benzene rings is 2. The highest BCUT2D eigenvalue weighted by molar-refractivity contribution is 7.92. The molecule has 0 aliphatic carbocycles. The SMILES string of the molecule is CC1(c2cccc(NS(=O)(=O)c3ccc4c(c3)CCO4)c2)NC(=O)NC1=O. The van der Waals surface area contributed by atoms with Gasteiger partial charge in [0.2, 0.25) is 0 Å². The van der Waals surface area contributed by atoms with Gasteiger partial charge in [0, 0.05) is 12.1 Å². The number of hydrogen-bond donors (Lipinski definition) is 3. The zero-order chi connectivity index (χ0) is 19.2. The molecule has 0 spiro atoms. The standard InChI is InChI=1S/C18H17N3O5S/c1-18(16(22)19-17(23)20-18)12-3-2-4-13(10-12)21-27(24,25)14-5-6-15-11(9-14)7-8-26-15/h2-6,9-10,21H,7-8H2,1H3,(H2,19,20,22,23). The zero-order valence-electron chi connectivity index (χ0n) is 14.4. The molecule has 1 unspecified atom stereocenters. The molecule has 0 radical (unpaired) electrons. The normalized spacial score (nSPS) is 21.2. The van der Waals surface area contributed by atoms with E-state index in [9.17, 15) is 18.0 Å². The number of sulfonamides is 1. The van der Waals surface area contributed by atoms with Gasteiger partial charge in [-0.3, -0.25) is 14.8 Å². The quantitative estimate of drug-likeness (QED) is 0.688. The van der Waals surface area contributed by atoms with E-state index in [1.165, 1.54) is 12.1 Å². The lowest BCUT2D eigenvalue weighted by molar-refractivity contribution is -0.123. The summed E-state index contributed by atoms with van der Waals surface area (Å²) in [5.74, 6) is 0.206. The molecule has 0 aromatic heterocycles. The molecule has 0 saturated carbocycles. The van der Waals surface area contributed by atoms with Gasteiger partial charge in [0.25, 0.3) is 15.9 Å². The Hall–Kier alpha value is -3.07. The summed E-state index contributed by atoms with van der Waals surface area (Å²) >= 11 is 0. The molecule has 140 valence electrons. The Morgan fingerprint density at radius 2 is 1.96 bits per heavy atom. The molecule has 3 amide bonds. The fraction of sp³-hybridized carbons (Fsp3) is 0.222. The summed E-state index contributed by atoms with van der Waals surface area (Å²) in [5, 5.41) is 4.74. The highest BCUT2D eigenvalue weighted by Gasteiger charge is 2.43. The molecule has 1 saturated heterocycles. The molecule has 2 aromatic carbocycles. The van der Waals surface area contributed by atoms with Gasteiger partial charge in [-0.2, -0.15) is 0 Å². The number of carbonyl (C=O) groups is 2. The van der Waals surface area contributed by atoms with Crippen molar-refractivity contribution in [2.45, 2.75) is 23.8 Å². The van der Waals surface area contributed by atoms with Crippen LogP contribution in [0, 0.1) is 0 Å². The molecule has 2 aliphatic rings. The number of carbonyl (C=O) groups excluding carboxylic acids is 2. The predicted molar refractivity (Wildman–Crippen MR) is 96.9 cm³/mol. The van der Waals surface area contributed by atoms with E-state index in [0.717, 1.165) is 5.56 Å². The van der Waals surface area contributed by atoms with Crippen LogP contribution in [0.25, 0.3) is 0 Å². The first kappa shape index (κ1) is 17.3. The lowest BCUT2D eigenvalue weighted by Gasteiger charge is -2.22. The molecule has 3 N–H and O–H groups in total. The Bertz CT molecular complexity index is 1070. The number of urea groups is 1. The second-order valence-electron chi connectivity index (χ2n) is 6.59. The summed E-state index contributed by atoms with van der Waals surface area (Å²) in [6, 6.07) is 10.5. The average Bonchev–Trinajstić information content (AvgIpc) is 3.18. The van der Waals surface area contributed by atoms with E-state index < -0.39 is 27.5 Å². The van der Waals surface area contributed by atoms with Gasteiger partial charge >= 0.3 is 6.03 Å². The van der Waals surface area contributed by atoms with Crippen LogP contribution in [-0.2, 0) is 26.8 Å². The van der Waals surface area contributed by atoms with Crippen molar-refractivity contribution < 1.29 is 22.7 Å². The Balaban J connectivity index is 1.63. The molecule has 1 fully saturated rings. The lowest BCUT2D eigenvalue weighted by atomic mass is 9.92. The van der Waals surface area contributed by atoms with Gasteiger partial charge in [-0.25, -0.2) is 13.2 Å². The van der Waals surface area contributed by atoms with Gasteiger partial charge in [0.1, 0.15) is 11.3 Å². The first-order chi connectivity index (χ1) is 12.8. The molecule has 9 heteroatoms. The first-order valence-corrected chi connectivity index (χ1v) is 9.79. The van der Waals surface area contributed by atoms with E-state index in [0.29, 0.717) is 30.0 Å². The summed E-state index contributed by atoms with van der Waals surface area (Å²) in [4.78, 5) is 23.7. The highest BCUT2D eigenvalue weighted by Crippen LogP contribution is 2.30. The molecule has 0 bridgehead atoms. The number of rotatable bonds is 4. The summed E-state index contributed by atoms with van der Waals surface area (Å²) in [7, 11) is -3.81. The number of ether oxygens (including phenoxy) is 1. The fourth-order valence-corrected chi connectivity index (χ4v) is 4.28. The maximum absolute atomic E-state index is 12.7. The number of nitrogens with one attached hydrogen (secondary N) is 3. The van der Waals surface area contributed by atoms with Crippen LogP contribution in [0.3, 0.4) is 0 Å². The Kier molecular flexibility index (Phi) is 3.84. The van der Waals surface area contributed by atoms with Crippen molar-refractivity contribution in [2.24, 2.45) is 0 Å². The average molecular weight is 387 g/mol. The number of amides is 3. The van der Waals surface area contributed by atoms with Crippen LogP contribution in [0.1, 0.15) is 18.1 Å². The van der Waals surface area contributed by atoms with Crippen LogP contribution >= 0.6 is 0 Å². The Morgan fingerprint density at radius 1 is 1.15 bits per heavy atom. The third kappa shape index (κ3) is 2.99. The third-order valence-corrected chi connectivity index (χ3v) is 6.09. The van der Waals surface area contributed by atoms with E-state index in [-0.39, 0.29) is 4.90 Å². The van der Waals surface area contributed by atoms with E-state index in [4.69, 9.17) is 4.74 Å². The largest absolute Gasteiger partial charge is 0.493 e. The molecular formula is C18H17N3O5S. The van der Waals surface area contributed by atoms with Crippen molar-refractivity contribution in [2.75, 3.05) is 11.3 Å². The molecule has 4 rings (SSSR count). The minimum Gasteiger partial charge on any atom is -0.493 e. The molecule has 1 atom stereocenters. The predicted octanol–water partition coefficient (Wildman–Crippen LogP) is 1.48. The molecule has 27 heavy (non-hydrogen) atoms. The Morgan fingerprint density at radius 3 is 2.70 bits per heavy atom. The number of imide groups is 1. The summed E-state index contributed by atoms with van der Waals surface area (Å²) in [6.07, 6.45) is 0.668. The molecule has 2 aliphatic heterocycles. The van der Waals surface area contributed by atoms with Crippen molar-refractivity contribution in [3.8, 4) is 5.75 Å². The summed E-state index contributed by atoms with van der Waals surface area (Å²) < 4.78 is 33.4. The second-order valence-corrected chi connectivity index (χ2v) is 8.27. The van der Waals surface area contributed by atoms with Crippen LogP contribution in [-0.4, -0.2) is 27.0 Å². The smallest absolute Gasteiger partial charge is 0.322 e. The van der Waals surface area contributed by atoms with E-state index in [1.807, 2.05) is 0 Å². The minimum absolute atomic E-state index is 0.135. The molecular weight excluding hydrogens is 370 g/mol. The number of anilines is 1. The fourth-order valence-electron chi connectivity index (χ4n) is 3.18. The van der Waals surface area contributed by atoms with E-state index >= 15 is 0 Å². The lowest BCUT2D eigenvalue weighted by Crippen LogP contribution is -2.40. The molecule has 2 heterocycles. The van der Waals surface area contributed by atoms with Gasteiger partial charge in [0.15, 0.2) is 0 Å². The first-order valence-electron chi connectivity index (χ1n) is 8.31. The summed E-state index contributed by atoms with van der Waals surface area (Å²) in [6.45, 7) is 2.10. The van der Waals surface area contributed by atoms with Gasteiger partial charge < -0.3 is 10.1 Å². The number of fused-ring (bicyclic) bond motifs is 1. The monoisotopic (exact) mass is 387 g/mol. The van der Waals surface area contributed by atoms with Crippen LogP contribution < -0.4 is 20.1 Å². The van der Waals surface area contributed by atoms with E-state index in [2.05, 4.69) is 15.4 Å². The van der Waals surface area contributed by atoms with Gasteiger partial charge in [-0.15, -0.1) is 0 Å². The van der Waals surface area contributed by atoms with Crippen LogP contribution in [0.4, 0.5) is 10.5 Å². The maximum Gasteiger partial charge on any atom is 0.322 e. The van der Waals surface area contributed by atoms with Crippen molar-refractivity contribution in [1.82, 2.24) is 10.6 Å². The van der Waals surface area contributed by atoms with Crippen LogP contribution in [0.5, 0.6) is 5.75 Å². The van der Waals surface area contributed by atoms with Crippen LogP contribution in [0.15, 0.2) is 47.4 Å². The van der Waals surface area contributed by atoms with Crippen molar-refractivity contribution >= 4 is 27.6 Å².